The molecule has 184 valence electrons. The molecule has 4 aromatic rings. The van der Waals surface area contributed by atoms with Gasteiger partial charge in [0.2, 0.25) is 11.7 Å². The minimum atomic E-state index is -0.362. The largest absolute Gasteiger partial charge is 0.495 e. The average Bonchev–Trinajstić information content (AvgIpc) is 3.27. The number of anilines is 2. The quantitative estimate of drug-likeness (QED) is 0.426. The van der Waals surface area contributed by atoms with Crippen molar-refractivity contribution >= 4 is 34.2 Å². The normalized spacial score (nSPS) is 13.6. The Morgan fingerprint density at radius 3 is 2.39 bits per heavy atom. The van der Waals surface area contributed by atoms with E-state index in [1.54, 1.807) is 30.2 Å². The Bertz CT molecular complexity index is 1390. The standard InChI is InChI=1S/C28H26FN3O4/c1-35-24-9-5-3-7-22(24)31-14-16-32(17-15-31)28(34)27-26(21-6-2-4-8-23(21)36-27)30-25(33)18-19-10-12-20(29)13-11-19/h2-13H,14-18H2,1H3,(H,30,33). The van der Waals surface area contributed by atoms with Gasteiger partial charge in [0.05, 0.1) is 19.2 Å². The maximum absolute atomic E-state index is 13.5. The molecule has 2 heterocycles. The third-order valence-electron chi connectivity index (χ3n) is 6.32. The predicted molar refractivity (Wildman–Crippen MR) is 136 cm³/mol. The molecule has 0 atom stereocenters. The average molecular weight is 488 g/mol. The van der Waals surface area contributed by atoms with Gasteiger partial charge in [-0.1, -0.05) is 36.4 Å². The summed E-state index contributed by atoms with van der Waals surface area (Å²) in [5.41, 5.74) is 2.53. The van der Waals surface area contributed by atoms with E-state index in [9.17, 15) is 14.0 Å². The zero-order chi connectivity index (χ0) is 25.1. The number of fused-ring (bicyclic) bond motifs is 1. The minimum Gasteiger partial charge on any atom is -0.495 e. The second-order valence-electron chi connectivity index (χ2n) is 8.60. The van der Waals surface area contributed by atoms with Crippen molar-refractivity contribution in [3.63, 3.8) is 0 Å². The Balaban J connectivity index is 1.34. The van der Waals surface area contributed by atoms with E-state index in [4.69, 9.17) is 9.15 Å². The minimum absolute atomic E-state index is 0.0466. The van der Waals surface area contributed by atoms with Crippen molar-refractivity contribution in [3.8, 4) is 5.75 Å². The molecule has 5 rings (SSSR count). The van der Waals surface area contributed by atoms with Crippen LogP contribution in [0.3, 0.4) is 0 Å². The van der Waals surface area contributed by atoms with Gasteiger partial charge >= 0.3 is 0 Å². The lowest BCUT2D eigenvalue weighted by molar-refractivity contribution is -0.115. The Kier molecular flexibility index (Phi) is 6.58. The van der Waals surface area contributed by atoms with E-state index in [0.717, 1.165) is 11.4 Å². The highest BCUT2D eigenvalue weighted by molar-refractivity contribution is 6.11. The Hall–Kier alpha value is -4.33. The van der Waals surface area contributed by atoms with Crippen LogP contribution in [0, 0.1) is 5.82 Å². The van der Waals surface area contributed by atoms with Gasteiger partial charge < -0.3 is 24.3 Å². The van der Waals surface area contributed by atoms with Crippen LogP contribution in [-0.4, -0.2) is 50.0 Å². The van der Waals surface area contributed by atoms with Crippen molar-refractivity contribution in [1.82, 2.24) is 4.90 Å². The number of piperazine rings is 1. The maximum Gasteiger partial charge on any atom is 0.291 e. The van der Waals surface area contributed by atoms with Crippen LogP contribution in [0.4, 0.5) is 15.8 Å². The molecule has 0 spiro atoms. The summed E-state index contributed by atoms with van der Waals surface area (Å²) in [6, 6.07) is 20.8. The number of carbonyl (C=O) groups excluding carboxylic acids is 2. The number of nitrogens with one attached hydrogen (secondary N) is 1. The van der Waals surface area contributed by atoms with Crippen LogP contribution < -0.4 is 15.0 Å². The molecule has 0 saturated carbocycles. The number of furan rings is 1. The van der Waals surface area contributed by atoms with E-state index in [2.05, 4.69) is 10.2 Å². The summed E-state index contributed by atoms with van der Waals surface area (Å²) in [4.78, 5) is 30.3. The Morgan fingerprint density at radius 1 is 0.944 bits per heavy atom. The van der Waals surface area contributed by atoms with E-state index in [0.29, 0.717) is 48.4 Å². The lowest BCUT2D eigenvalue weighted by atomic mass is 10.1. The van der Waals surface area contributed by atoms with E-state index in [1.165, 1.54) is 12.1 Å². The van der Waals surface area contributed by atoms with Gasteiger partial charge in [-0.15, -0.1) is 0 Å². The molecule has 2 amide bonds. The number of methoxy groups -OCH3 is 1. The molecule has 7 nitrogen and oxygen atoms in total. The van der Waals surface area contributed by atoms with Crippen LogP contribution in [0.15, 0.2) is 77.2 Å². The van der Waals surface area contributed by atoms with Crippen LogP contribution in [0.1, 0.15) is 16.1 Å². The molecule has 1 aliphatic heterocycles. The number of rotatable bonds is 6. The summed E-state index contributed by atoms with van der Waals surface area (Å²) in [6.07, 6.45) is 0.0466. The molecule has 8 heteroatoms. The molecule has 1 saturated heterocycles. The molecule has 1 aliphatic rings. The number of carbonyl (C=O) groups is 2. The fourth-order valence-electron chi connectivity index (χ4n) is 4.48. The molecular weight excluding hydrogens is 461 g/mol. The highest BCUT2D eigenvalue weighted by Gasteiger charge is 2.29. The Labute approximate surface area is 208 Å². The number of hydrogen-bond donors (Lipinski definition) is 1. The zero-order valence-corrected chi connectivity index (χ0v) is 19.9. The first-order valence-electron chi connectivity index (χ1n) is 11.8. The van der Waals surface area contributed by atoms with Crippen molar-refractivity contribution in [1.29, 1.82) is 0 Å². The number of para-hydroxylation sites is 3. The molecular formula is C28H26FN3O4. The molecule has 0 bridgehead atoms. The van der Waals surface area contributed by atoms with E-state index >= 15 is 0 Å². The summed E-state index contributed by atoms with van der Waals surface area (Å²) in [7, 11) is 1.64. The van der Waals surface area contributed by atoms with Crippen LogP contribution in [0.5, 0.6) is 5.75 Å². The van der Waals surface area contributed by atoms with E-state index < -0.39 is 0 Å². The first kappa shape index (κ1) is 23.4. The van der Waals surface area contributed by atoms with E-state index in [1.807, 2.05) is 42.5 Å². The third-order valence-corrected chi connectivity index (χ3v) is 6.32. The van der Waals surface area contributed by atoms with Gasteiger partial charge in [-0.3, -0.25) is 9.59 Å². The topological polar surface area (TPSA) is 75.0 Å². The highest BCUT2D eigenvalue weighted by atomic mass is 19.1. The summed E-state index contributed by atoms with van der Waals surface area (Å²) in [5.74, 6) is -0.0556. The fraction of sp³-hybridized carbons (Fsp3) is 0.214. The van der Waals surface area contributed by atoms with Crippen molar-refractivity contribution in [2.75, 3.05) is 43.5 Å². The fourth-order valence-corrected chi connectivity index (χ4v) is 4.48. The Morgan fingerprint density at radius 2 is 1.64 bits per heavy atom. The predicted octanol–water partition coefficient (Wildman–Crippen LogP) is 4.72. The van der Waals surface area contributed by atoms with Crippen molar-refractivity contribution in [2.45, 2.75) is 6.42 Å². The lowest BCUT2D eigenvalue weighted by Crippen LogP contribution is -2.49. The van der Waals surface area contributed by atoms with Crippen LogP contribution in [0.2, 0.25) is 0 Å². The zero-order valence-electron chi connectivity index (χ0n) is 19.9. The summed E-state index contributed by atoms with van der Waals surface area (Å²) < 4.78 is 24.6. The van der Waals surface area contributed by atoms with Gasteiger partial charge in [0.25, 0.3) is 5.91 Å². The van der Waals surface area contributed by atoms with Gasteiger partial charge in [0.1, 0.15) is 22.8 Å². The smallest absolute Gasteiger partial charge is 0.291 e. The highest BCUT2D eigenvalue weighted by Crippen LogP contribution is 2.33. The summed E-state index contributed by atoms with van der Waals surface area (Å²) >= 11 is 0. The first-order chi connectivity index (χ1) is 17.5. The molecule has 1 aromatic heterocycles. The summed E-state index contributed by atoms with van der Waals surface area (Å²) in [5, 5.41) is 3.52. The molecule has 0 unspecified atom stereocenters. The van der Waals surface area contributed by atoms with Crippen molar-refractivity contribution < 1.29 is 23.1 Å². The monoisotopic (exact) mass is 487 g/mol. The number of hydrogen-bond acceptors (Lipinski definition) is 5. The van der Waals surface area contributed by atoms with Crippen LogP contribution in [-0.2, 0) is 11.2 Å². The SMILES string of the molecule is COc1ccccc1N1CCN(C(=O)c2oc3ccccc3c2NC(=O)Cc2ccc(F)cc2)CC1. The van der Waals surface area contributed by atoms with Crippen LogP contribution in [0.25, 0.3) is 11.0 Å². The molecule has 0 radical (unpaired) electrons. The lowest BCUT2D eigenvalue weighted by Gasteiger charge is -2.36. The van der Waals surface area contributed by atoms with Gasteiger partial charge in [-0.2, -0.15) is 0 Å². The van der Waals surface area contributed by atoms with Crippen molar-refractivity contribution in [3.05, 3.63) is 89.9 Å². The second kappa shape index (κ2) is 10.1. The molecule has 1 N–H and O–H groups in total. The molecule has 1 fully saturated rings. The molecule has 3 aromatic carbocycles. The maximum atomic E-state index is 13.5. The number of nitrogens with zero attached hydrogens (tertiary/aromatic N) is 2. The van der Waals surface area contributed by atoms with Gasteiger partial charge in [-0.05, 0) is 42.0 Å². The van der Waals surface area contributed by atoms with Gasteiger partial charge in [-0.25, -0.2) is 4.39 Å². The molecule has 36 heavy (non-hydrogen) atoms. The summed E-state index contributed by atoms with van der Waals surface area (Å²) in [6.45, 7) is 2.27. The van der Waals surface area contributed by atoms with E-state index in [-0.39, 0.29) is 29.8 Å². The second-order valence-corrected chi connectivity index (χ2v) is 8.60. The molecule has 0 aliphatic carbocycles. The third kappa shape index (κ3) is 4.75. The first-order valence-corrected chi connectivity index (χ1v) is 11.8. The van der Waals surface area contributed by atoms with Crippen LogP contribution >= 0.6 is 0 Å². The number of benzene rings is 3. The number of halogens is 1. The number of amides is 2. The number of ether oxygens (including phenoxy) is 1. The van der Waals surface area contributed by atoms with Gasteiger partial charge in [0.15, 0.2) is 0 Å². The van der Waals surface area contributed by atoms with Crippen molar-refractivity contribution in [2.24, 2.45) is 0 Å². The van der Waals surface area contributed by atoms with Gasteiger partial charge in [0, 0.05) is 31.6 Å².